The van der Waals surface area contributed by atoms with E-state index in [0.717, 1.165) is 6.54 Å². The van der Waals surface area contributed by atoms with Gasteiger partial charge in [0.05, 0.1) is 5.60 Å². The van der Waals surface area contributed by atoms with Gasteiger partial charge in [-0.15, -0.1) is 0 Å². The first-order valence-electron chi connectivity index (χ1n) is 7.43. The van der Waals surface area contributed by atoms with Gasteiger partial charge in [-0.05, 0) is 44.6 Å². The Labute approximate surface area is 112 Å². The maximum Gasteiger partial charge on any atom is 0.0777 e. The van der Waals surface area contributed by atoms with Crippen molar-refractivity contribution in [3.8, 4) is 0 Å². The average molecular weight is 254 g/mol. The quantitative estimate of drug-likeness (QED) is 0.822. The lowest BCUT2D eigenvalue weighted by Gasteiger charge is -2.50. The second-order valence-corrected chi connectivity index (χ2v) is 7.20. The molecule has 2 fully saturated rings. The molecular weight excluding hydrogens is 224 g/mol. The summed E-state index contributed by atoms with van der Waals surface area (Å²) in [6.07, 6.45) is 6.23. The van der Waals surface area contributed by atoms with Gasteiger partial charge in [0.15, 0.2) is 0 Å². The van der Waals surface area contributed by atoms with Crippen molar-refractivity contribution in [2.24, 2.45) is 11.1 Å². The van der Waals surface area contributed by atoms with E-state index in [-0.39, 0.29) is 11.0 Å². The molecule has 1 saturated heterocycles. The summed E-state index contributed by atoms with van der Waals surface area (Å²) < 4.78 is 5.70. The largest absolute Gasteiger partial charge is 0.377 e. The van der Waals surface area contributed by atoms with Crippen LogP contribution in [-0.4, -0.2) is 42.8 Å². The third-order valence-electron chi connectivity index (χ3n) is 5.29. The lowest BCUT2D eigenvalue weighted by atomic mass is 9.70. The molecule has 1 heterocycles. The third kappa shape index (κ3) is 2.73. The Balaban J connectivity index is 2.06. The lowest BCUT2D eigenvalue weighted by Crippen LogP contribution is -2.61. The Morgan fingerprint density at radius 3 is 2.56 bits per heavy atom. The highest BCUT2D eigenvalue weighted by molar-refractivity contribution is 4.99. The Morgan fingerprint density at radius 2 is 1.89 bits per heavy atom. The molecule has 0 bridgehead atoms. The summed E-state index contributed by atoms with van der Waals surface area (Å²) in [5, 5.41) is 0. The highest BCUT2D eigenvalue weighted by Crippen LogP contribution is 2.38. The van der Waals surface area contributed by atoms with Gasteiger partial charge in [-0.2, -0.15) is 0 Å². The van der Waals surface area contributed by atoms with Gasteiger partial charge < -0.3 is 10.5 Å². The van der Waals surface area contributed by atoms with Crippen molar-refractivity contribution in [3.63, 3.8) is 0 Å². The van der Waals surface area contributed by atoms with E-state index in [0.29, 0.717) is 12.1 Å². The van der Waals surface area contributed by atoms with Gasteiger partial charge in [-0.25, -0.2) is 0 Å². The number of hydrogen-bond donors (Lipinski definition) is 1. The molecule has 3 atom stereocenters. The minimum Gasteiger partial charge on any atom is -0.377 e. The summed E-state index contributed by atoms with van der Waals surface area (Å²) in [5.41, 5.74) is 6.84. The van der Waals surface area contributed by atoms with Gasteiger partial charge in [-0.1, -0.05) is 20.3 Å². The van der Waals surface area contributed by atoms with Crippen LogP contribution in [0.15, 0.2) is 0 Å². The molecule has 0 aromatic rings. The van der Waals surface area contributed by atoms with Gasteiger partial charge in [-0.3, -0.25) is 4.90 Å². The molecule has 2 N–H and O–H groups in total. The fraction of sp³-hybridized carbons (Fsp3) is 1.00. The molecule has 0 amide bonds. The summed E-state index contributed by atoms with van der Waals surface area (Å²) >= 11 is 0. The molecule has 1 aliphatic heterocycles. The van der Waals surface area contributed by atoms with E-state index >= 15 is 0 Å². The first kappa shape index (κ1) is 14.3. The molecule has 3 unspecified atom stereocenters. The molecule has 0 aromatic carbocycles. The van der Waals surface area contributed by atoms with Crippen molar-refractivity contribution in [1.29, 1.82) is 0 Å². The Kier molecular flexibility index (Phi) is 4.05. The maximum absolute atomic E-state index is 6.54. The second kappa shape index (κ2) is 5.10. The highest BCUT2D eigenvalue weighted by Gasteiger charge is 2.42. The number of nitrogens with two attached hydrogens (primary N) is 1. The van der Waals surface area contributed by atoms with Gasteiger partial charge in [0.2, 0.25) is 0 Å². The highest BCUT2D eigenvalue weighted by atomic mass is 16.5. The predicted octanol–water partition coefficient (Wildman–Crippen LogP) is 2.39. The van der Waals surface area contributed by atoms with Gasteiger partial charge in [0.1, 0.15) is 0 Å². The molecule has 1 saturated carbocycles. The van der Waals surface area contributed by atoms with Crippen molar-refractivity contribution >= 4 is 0 Å². The van der Waals surface area contributed by atoms with Crippen LogP contribution in [0.4, 0.5) is 0 Å². The average Bonchev–Trinajstić information content (AvgIpc) is 2.33. The van der Waals surface area contributed by atoms with Crippen molar-refractivity contribution in [3.05, 3.63) is 0 Å². The summed E-state index contributed by atoms with van der Waals surface area (Å²) in [6.45, 7) is 9.11. The van der Waals surface area contributed by atoms with E-state index in [1.165, 1.54) is 38.6 Å². The number of rotatable bonds is 2. The van der Waals surface area contributed by atoms with Crippen LogP contribution in [-0.2, 0) is 4.74 Å². The van der Waals surface area contributed by atoms with E-state index in [1.807, 2.05) is 7.11 Å². The molecule has 106 valence electrons. The first-order chi connectivity index (χ1) is 8.38. The fourth-order valence-electron chi connectivity index (χ4n) is 3.74. The molecule has 2 aliphatic rings. The minimum absolute atomic E-state index is 0.0273. The van der Waals surface area contributed by atoms with E-state index < -0.39 is 0 Å². The van der Waals surface area contributed by atoms with E-state index in [9.17, 15) is 0 Å². The monoisotopic (exact) mass is 254 g/mol. The van der Waals surface area contributed by atoms with E-state index in [4.69, 9.17) is 10.5 Å². The van der Waals surface area contributed by atoms with Crippen molar-refractivity contribution in [1.82, 2.24) is 4.90 Å². The SMILES string of the molecule is COC1(C)CCCN(C2CCCC(C)(C)C2N)C1. The van der Waals surface area contributed by atoms with Crippen molar-refractivity contribution in [2.45, 2.75) is 70.6 Å². The van der Waals surface area contributed by atoms with Gasteiger partial charge in [0.25, 0.3) is 0 Å². The second-order valence-electron chi connectivity index (χ2n) is 7.20. The van der Waals surface area contributed by atoms with Crippen LogP contribution < -0.4 is 5.73 Å². The molecule has 0 radical (unpaired) electrons. The van der Waals surface area contributed by atoms with E-state index in [2.05, 4.69) is 25.7 Å². The van der Waals surface area contributed by atoms with Crippen molar-refractivity contribution in [2.75, 3.05) is 20.2 Å². The van der Waals surface area contributed by atoms with Gasteiger partial charge >= 0.3 is 0 Å². The number of hydrogen-bond acceptors (Lipinski definition) is 3. The normalized spacial score (nSPS) is 41.8. The van der Waals surface area contributed by atoms with Gasteiger partial charge in [0, 0.05) is 25.7 Å². The summed E-state index contributed by atoms with van der Waals surface area (Å²) in [4.78, 5) is 2.60. The molecule has 0 spiro atoms. The third-order valence-corrected chi connectivity index (χ3v) is 5.29. The molecule has 0 aromatic heterocycles. The zero-order chi connectivity index (χ0) is 13.4. The fourth-order valence-corrected chi connectivity index (χ4v) is 3.74. The summed E-state index contributed by atoms with van der Waals surface area (Å²) in [6, 6.07) is 0.842. The molecular formula is C15H30N2O. The molecule has 1 aliphatic carbocycles. The predicted molar refractivity (Wildman–Crippen MR) is 75.6 cm³/mol. The maximum atomic E-state index is 6.54. The van der Waals surface area contributed by atoms with Crippen LogP contribution in [0.25, 0.3) is 0 Å². The van der Waals surface area contributed by atoms with Crippen molar-refractivity contribution < 1.29 is 4.74 Å². The molecule has 18 heavy (non-hydrogen) atoms. The minimum atomic E-state index is 0.0273. The lowest BCUT2D eigenvalue weighted by molar-refractivity contribution is -0.0736. The first-order valence-corrected chi connectivity index (χ1v) is 7.43. The standard InChI is InChI=1S/C15H30N2O/c1-14(2)8-5-7-12(13(14)16)17-10-6-9-15(3,11-17)18-4/h12-13H,5-11,16H2,1-4H3. The number of piperidine rings is 1. The number of nitrogens with zero attached hydrogens (tertiary/aromatic N) is 1. The Hall–Kier alpha value is -0.120. The topological polar surface area (TPSA) is 38.5 Å². The Morgan fingerprint density at radius 1 is 1.17 bits per heavy atom. The molecule has 3 nitrogen and oxygen atoms in total. The zero-order valence-electron chi connectivity index (χ0n) is 12.5. The van der Waals surface area contributed by atoms with Crippen LogP contribution in [0.1, 0.15) is 52.9 Å². The molecule has 3 heteroatoms. The van der Waals surface area contributed by atoms with Crippen LogP contribution >= 0.6 is 0 Å². The number of methoxy groups -OCH3 is 1. The number of ether oxygens (including phenoxy) is 1. The van der Waals surface area contributed by atoms with E-state index in [1.54, 1.807) is 0 Å². The summed E-state index contributed by atoms with van der Waals surface area (Å²) in [7, 11) is 1.84. The van der Waals surface area contributed by atoms with Crippen LogP contribution in [0, 0.1) is 5.41 Å². The Bertz CT molecular complexity index is 292. The smallest absolute Gasteiger partial charge is 0.0777 e. The summed E-state index contributed by atoms with van der Waals surface area (Å²) in [5.74, 6) is 0. The van der Waals surface area contributed by atoms with Crippen LogP contribution in [0.2, 0.25) is 0 Å². The zero-order valence-corrected chi connectivity index (χ0v) is 12.5. The molecule has 2 rings (SSSR count). The number of likely N-dealkylation sites (tertiary alicyclic amines) is 1. The van der Waals surface area contributed by atoms with Crippen LogP contribution in [0.5, 0.6) is 0 Å². The van der Waals surface area contributed by atoms with Crippen LogP contribution in [0.3, 0.4) is 0 Å².